The third-order valence-electron chi connectivity index (χ3n) is 3.63. The molecule has 2 rings (SSSR count). The van der Waals surface area contributed by atoms with Crippen molar-refractivity contribution in [2.24, 2.45) is 0 Å². The average molecular weight is 263 g/mol. The molecular weight excluding hydrogens is 246 g/mol. The molecule has 0 bridgehead atoms. The number of rotatable bonds is 3. The molecule has 2 amide bonds. The van der Waals surface area contributed by atoms with Crippen molar-refractivity contribution in [2.45, 2.75) is 45.1 Å². The molecule has 102 valence electrons. The van der Waals surface area contributed by atoms with Crippen LogP contribution in [0.3, 0.4) is 0 Å². The average Bonchev–Trinajstić information content (AvgIpc) is 2.65. The lowest BCUT2D eigenvalue weighted by molar-refractivity contribution is -0.140. The fourth-order valence-corrected chi connectivity index (χ4v) is 2.59. The minimum atomic E-state index is -1.09. The number of hydrogen-bond donors (Lipinski definition) is 1. The van der Waals surface area contributed by atoms with Crippen molar-refractivity contribution in [3.05, 3.63) is 23.3 Å². The normalized spacial score (nSPS) is 21.8. The van der Waals surface area contributed by atoms with Gasteiger partial charge in [0, 0.05) is 23.3 Å². The Hall–Kier alpha value is -1.91. The molecule has 1 saturated carbocycles. The van der Waals surface area contributed by atoms with E-state index in [0.29, 0.717) is 0 Å². The quantitative estimate of drug-likeness (QED) is 0.620. The molecule has 0 aromatic carbocycles. The summed E-state index contributed by atoms with van der Waals surface area (Å²) in [5, 5.41) is 8.80. The van der Waals surface area contributed by atoms with Crippen LogP contribution in [0.15, 0.2) is 23.3 Å². The van der Waals surface area contributed by atoms with E-state index in [9.17, 15) is 14.4 Å². The molecule has 5 nitrogen and oxygen atoms in total. The largest absolute Gasteiger partial charge is 0.478 e. The molecule has 1 aliphatic heterocycles. The SMILES string of the molecule is C/C(=C\C1=CC(=O)N(C2CCCCC2)C1=O)C(=O)O. The van der Waals surface area contributed by atoms with Gasteiger partial charge in [-0.2, -0.15) is 0 Å². The van der Waals surface area contributed by atoms with E-state index in [1.807, 2.05) is 0 Å². The fourth-order valence-electron chi connectivity index (χ4n) is 2.59. The highest BCUT2D eigenvalue weighted by atomic mass is 16.4. The molecule has 2 aliphatic rings. The number of carbonyl (C=O) groups excluding carboxylic acids is 2. The maximum atomic E-state index is 12.2. The van der Waals surface area contributed by atoms with Gasteiger partial charge in [0.2, 0.25) is 0 Å². The van der Waals surface area contributed by atoms with E-state index >= 15 is 0 Å². The van der Waals surface area contributed by atoms with E-state index in [1.54, 1.807) is 0 Å². The maximum absolute atomic E-state index is 12.2. The summed E-state index contributed by atoms with van der Waals surface area (Å²) >= 11 is 0. The number of carboxylic acid groups (broad SMARTS) is 1. The molecule has 0 aromatic rings. The summed E-state index contributed by atoms with van der Waals surface area (Å²) in [7, 11) is 0. The highest BCUT2D eigenvalue weighted by molar-refractivity contribution is 6.18. The first-order valence-corrected chi connectivity index (χ1v) is 6.51. The first kappa shape index (κ1) is 13.5. The maximum Gasteiger partial charge on any atom is 0.331 e. The number of hydrogen-bond acceptors (Lipinski definition) is 3. The Morgan fingerprint density at radius 3 is 2.53 bits per heavy atom. The van der Waals surface area contributed by atoms with Crippen LogP contribution in [0.25, 0.3) is 0 Å². The number of carbonyl (C=O) groups is 3. The van der Waals surface area contributed by atoms with E-state index in [1.165, 1.54) is 24.0 Å². The van der Waals surface area contributed by atoms with E-state index in [4.69, 9.17) is 5.11 Å². The lowest BCUT2D eigenvalue weighted by Crippen LogP contribution is -2.41. The van der Waals surface area contributed by atoms with Crippen LogP contribution in [0.1, 0.15) is 39.0 Å². The topological polar surface area (TPSA) is 74.7 Å². The van der Waals surface area contributed by atoms with Crippen molar-refractivity contribution < 1.29 is 19.5 Å². The summed E-state index contributed by atoms with van der Waals surface area (Å²) in [6.07, 6.45) is 7.41. The van der Waals surface area contributed by atoms with E-state index in [2.05, 4.69) is 0 Å². The van der Waals surface area contributed by atoms with Crippen LogP contribution in [-0.4, -0.2) is 33.8 Å². The zero-order valence-electron chi connectivity index (χ0n) is 10.9. The van der Waals surface area contributed by atoms with Crippen molar-refractivity contribution in [1.82, 2.24) is 4.90 Å². The first-order valence-electron chi connectivity index (χ1n) is 6.51. The van der Waals surface area contributed by atoms with Crippen molar-refractivity contribution in [2.75, 3.05) is 0 Å². The summed E-state index contributed by atoms with van der Waals surface area (Å²) in [4.78, 5) is 36.1. The smallest absolute Gasteiger partial charge is 0.331 e. The summed E-state index contributed by atoms with van der Waals surface area (Å²) in [5.41, 5.74) is 0.230. The van der Waals surface area contributed by atoms with Crippen molar-refractivity contribution >= 4 is 17.8 Å². The van der Waals surface area contributed by atoms with Gasteiger partial charge in [-0.1, -0.05) is 19.3 Å². The highest BCUT2D eigenvalue weighted by Gasteiger charge is 2.36. The van der Waals surface area contributed by atoms with Crippen LogP contribution in [0.5, 0.6) is 0 Å². The minimum Gasteiger partial charge on any atom is -0.478 e. The molecule has 0 aromatic heterocycles. The third-order valence-corrected chi connectivity index (χ3v) is 3.63. The van der Waals surface area contributed by atoms with E-state index in [-0.39, 0.29) is 29.0 Å². The van der Waals surface area contributed by atoms with Crippen molar-refractivity contribution in [1.29, 1.82) is 0 Å². The zero-order valence-corrected chi connectivity index (χ0v) is 10.9. The molecule has 1 aliphatic carbocycles. The van der Waals surface area contributed by atoms with Gasteiger partial charge in [0.05, 0.1) is 0 Å². The van der Waals surface area contributed by atoms with Gasteiger partial charge in [0.25, 0.3) is 11.8 Å². The Labute approximate surface area is 111 Å². The van der Waals surface area contributed by atoms with Gasteiger partial charge in [-0.15, -0.1) is 0 Å². The standard InChI is InChI=1S/C14H17NO4/c1-9(14(18)19)7-10-8-12(16)15(13(10)17)11-5-3-2-4-6-11/h7-8,11H,2-6H2,1H3,(H,18,19)/b9-7+. The second-order valence-corrected chi connectivity index (χ2v) is 5.04. The van der Waals surface area contributed by atoms with Crippen LogP contribution in [-0.2, 0) is 14.4 Å². The van der Waals surface area contributed by atoms with Crippen molar-refractivity contribution in [3.63, 3.8) is 0 Å². The molecule has 0 saturated heterocycles. The van der Waals surface area contributed by atoms with Gasteiger partial charge in [-0.05, 0) is 25.8 Å². The summed E-state index contributed by atoms with van der Waals surface area (Å²) < 4.78 is 0. The summed E-state index contributed by atoms with van der Waals surface area (Å²) in [6, 6.07) is -0.0268. The molecular formula is C14H17NO4. The molecule has 19 heavy (non-hydrogen) atoms. The van der Waals surface area contributed by atoms with Gasteiger partial charge < -0.3 is 5.11 Å². The minimum absolute atomic E-state index is 0.0268. The monoisotopic (exact) mass is 263 g/mol. The Balaban J connectivity index is 2.16. The Kier molecular flexibility index (Phi) is 3.83. The lowest BCUT2D eigenvalue weighted by Gasteiger charge is -2.29. The number of carboxylic acids is 1. The Morgan fingerprint density at radius 2 is 1.95 bits per heavy atom. The summed E-state index contributed by atoms with van der Waals surface area (Å²) in [6.45, 7) is 1.41. The van der Waals surface area contributed by atoms with Crippen LogP contribution in [0.2, 0.25) is 0 Å². The molecule has 0 atom stereocenters. The molecule has 1 N–H and O–H groups in total. The van der Waals surface area contributed by atoms with E-state index < -0.39 is 5.97 Å². The molecule has 0 unspecified atom stereocenters. The van der Waals surface area contributed by atoms with Gasteiger partial charge in [-0.25, -0.2) is 4.79 Å². The molecule has 0 spiro atoms. The summed E-state index contributed by atoms with van der Waals surface area (Å²) in [5.74, 6) is -1.77. The molecule has 0 radical (unpaired) electrons. The molecule has 1 fully saturated rings. The molecule has 1 heterocycles. The first-order chi connectivity index (χ1) is 9.00. The number of amides is 2. The van der Waals surface area contributed by atoms with Gasteiger partial charge in [-0.3, -0.25) is 14.5 Å². The van der Waals surface area contributed by atoms with Crippen molar-refractivity contribution in [3.8, 4) is 0 Å². The van der Waals surface area contributed by atoms with Gasteiger partial charge >= 0.3 is 5.97 Å². The number of imide groups is 1. The van der Waals surface area contributed by atoms with Crippen LogP contribution in [0, 0.1) is 0 Å². The third kappa shape index (κ3) is 2.75. The second kappa shape index (κ2) is 5.38. The van der Waals surface area contributed by atoms with Gasteiger partial charge in [0.15, 0.2) is 0 Å². The van der Waals surface area contributed by atoms with Crippen LogP contribution in [0.4, 0.5) is 0 Å². The van der Waals surface area contributed by atoms with Gasteiger partial charge in [0.1, 0.15) is 0 Å². The predicted octanol–water partition coefficient (Wildman–Crippen LogP) is 1.65. The fraction of sp³-hybridized carbons (Fsp3) is 0.500. The number of aliphatic carboxylic acids is 1. The second-order valence-electron chi connectivity index (χ2n) is 5.04. The molecule has 5 heteroatoms. The number of nitrogens with zero attached hydrogens (tertiary/aromatic N) is 1. The Bertz CT molecular complexity index is 484. The Morgan fingerprint density at radius 1 is 1.32 bits per heavy atom. The van der Waals surface area contributed by atoms with Crippen LogP contribution < -0.4 is 0 Å². The predicted molar refractivity (Wildman–Crippen MR) is 68.2 cm³/mol. The van der Waals surface area contributed by atoms with Crippen LogP contribution >= 0.6 is 0 Å². The van der Waals surface area contributed by atoms with E-state index in [0.717, 1.165) is 32.1 Å². The highest BCUT2D eigenvalue weighted by Crippen LogP contribution is 2.27. The lowest BCUT2D eigenvalue weighted by atomic mass is 9.94. The zero-order chi connectivity index (χ0) is 14.0.